The summed E-state index contributed by atoms with van der Waals surface area (Å²) >= 11 is 0. The molecule has 0 saturated carbocycles. The number of pyridine rings is 1. The molecular weight excluding hydrogens is 378 g/mol. The van der Waals surface area contributed by atoms with E-state index in [9.17, 15) is 0 Å². The van der Waals surface area contributed by atoms with Crippen LogP contribution in [-0.4, -0.2) is 11.5 Å². The fraction of sp³-hybridized carbons (Fsp3) is 0.0345. The third-order valence-corrected chi connectivity index (χ3v) is 6.06. The summed E-state index contributed by atoms with van der Waals surface area (Å²) in [7, 11) is 1.73. The van der Waals surface area contributed by atoms with Gasteiger partial charge in [0.1, 0.15) is 5.75 Å². The quantitative estimate of drug-likeness (QED) is 0.299. The van der Waals surface area contributed by atoms with E-state index >= 15 is 0 Å². The van der Waals surface area contributed by atoms with Crippen LogP contribution in [0.1, 0.15) is 0 Å². The van der Waals surface area contributed by atoms with Gasteiger partial charge in [0.05, 0.1) is 23.7 Å². The molecule has 0 saturated heterocycles. The number of para-hydroxylation sites is 1. The molecule has 0 unspecified atom stereocenters. The topological polar surface area (TPSA) is 13.6 Å². The Labute approximate surface area is 181 Å². The molecule has 4 aromatic carbocycles. The van der Waals surface area contributed by atoms with Gasteiger partial charge in [0.25, 0.3) is 0 Å². The maximum absolute atomic E-state index is 5.63. The highest BCUT2D eigenvalue weighted by atomic mass is 16.5. The second kappa shape index (κ2) is 7.03. The first-order valence-corrected chi connectivity index (χ1v) is 10.5. The van der Waals surface area contributed by atoms with Crippen LogP contribution in [0.3, 0.4) is 0 Å². The summed E-state index contributed by atoms with van der Waals surface area (Å²) < 4.78 is 8.02. The average molecular weight is 399 g/mol. The van der Waals surface area contributed by atoms with Gasteiger partial charge < -0.3 is 9.14 Å². The van der Waals surface area contributed by atoms with E-state index in [1.54, 1.807) is 7.11 Å². The van der Waals surface area contributed by atoms with Crippen molar-refractivity contribution in [1.29, 1.82) is 0 Å². The molecule has 0 radical (unpaired) electrons. The maximum Gasteiger partial charge on any atom is 0.119 e. The Morgan fingerprint density at radius 3 is 1.90 bits per heavy atom. The molecule has 148 valence electrons. The van der Waals surface area contributed by atoms with Crippen LogP contribution < -0.4 is 4.74 Å². The Bertz CT molecular complexity index is 1550. The van der Waals surface area contributed by atoms with Gasteiger partial charge in [0.2, 0.25) is 0 Å². The Morgan fingerprint density at radius 1 is 0.548 bits per heavy atom. The molecule has 6 rings (SSSR count). The molecular formula is C29H21NO. The highest BCUT2D eigenvalue weighted by Crippen LogP contribution is 2.44. The number of benzene rings is 4. The van der Waals surface area contributed by atoms with E-state index in [1.807, 2.05) is 6.07 Å². The Balaban J connectivity index is 1.92. The summed E-state index contributed by atoms with van der Waals surface area (Å²) in [5.74, 6) is 0.861. The van der Waals surface area contributed by atoms with E-state index in [0.29, 0.717) is 0 Å². The molecule has 0 aliphatic heterocycles. The average Bonchev–Trinajstić information content (AvgIpc) is 3.23. The van der Waals surface area contributed by atoms with E-state index in [-0.39, 0.29) is 0 Å². The van der Waals surface area contributed by atoms with Crippen LogP contribution in [0.2, 0.25) is 0 Å². The molecule has 0 fully saturated rings. The van der Waals surface area contributed by atoms with Gasteiger partial charge >= 0.3 is 0 Å². The molecule has 0 atom stereocenters. The zero-order valence-electron chi connectivity index (χ0n) is 17.2. The molecule has 2 aromatic heterocycles. The fourth-order valence-corrected chi connectivity index (χ4v) is 4.70. The summed E-state index contributed by atoms with van der Waals surface area (Å²) in [4.78, 5) is 0. The Hall–Kier alpha value is -4.04. The Morgan fingerprint density at radius 2 is 1.19 bits per heavy atom. The van der Waals surface area contributed by atoms with Crippen LogP contribution in [0.15, 0.2) is 109 Å². The lowest BCUT2D eigenvalue weighted by atomic mass is 9.91. The van der Waals surface area contributed by atoms with Crippen LogP contribution >= 0.6 is 0 Å². The zero-order chi connectivity index (χ0) is 20.8. The number of aromatic nitrogens is 1. The highest BCUT2D eigenvalue weighted by molar-refractivity contribution is 6.12. The van der Waals surface area contributed by atoms with Crippen LogP contribution in [0.4, 0.5) is 0 Å². The number of rotatable bonds is 3. The van der Waals surface area contributed by atoms with Crippen LogP contribution in [0.25, 0.3) is 49.6 Å². The molecule has 6 aromatic rings. The van der Waals surface area contributed by atoms with Gasteiger partial charge in [-0.3, -0.25) is 0 Å². The summed E-state index contributed by atoms with van der Waals surface area (Å²) in [6.07, 6.45) is 0. The van der Waals surface area contributed by atoms with Gasteiger partial charge in [-0.2, -0.15) is 0 Å². The minimum atomic E-state index is 0.861. The third kappa shape index (κ3) is 2.72. The van der Waals surface area contributed by atoms with Crippen molar-refractivity contribution in [3.63, 3.8) is 0 Å². The number of hydrogen-bond acceptors (Lipinski definition) is 1. The van der Waals surface area contributed by atoms with E-state index in [0.717, 1.165) is 5.75 Å². The van der Waals surface area contributed by atoms with Crippen molar-refractivity contribution in [2.45, 2.75) is 0 Å². The number of hydrogen-bond donors (Lipinski definition) is 0. The van der Waals surface area contributed by atoms with Crippen molar-refractivity contribution >= 4 is 27.3 Å². The lowest BCUT2D eigenvalue weighted by Gasteiger charge is -2.18. The molecule has 2 heteroatoms. The normalized spacial score (nSPS) is 11.4. The van der Waals surface area contributed by atoms with Crippen molar-refractivity contribution in [3.05, 3.63) is 109 Å². The van der Waals surface area contributed by atoms with Gasteiger partial charge in [0.15, 0.2) is 0 Å². The predicted molar refractivity (Wildman–Crippen MR) is 130 cm³/mol. The first kappa shape index (κ1) is 17.8. The van der Waals surface area contributed by atoms with Gasteiger partial charge in [-0.15, -0.1) is 0 Å². The lowest BCUT2D eigenvalue weighted by molar-refractivity contribution is 0.415. The standard InChI is InChI=1S/C29H21NO/c1-31-23-16-17-26-24(19-23)28(20-10-4-2-5-11-20)29(21-12-6-3-7-13-21)27-18-22-14-8-9-15-25(22)30(26)27/h2-19H,1H3. The van der Waals surface area contributed by atoms with Gasteiger partial charge in [-0.05, 0) is 41.5 Å². The molecule has 0 aliphatic rings. The molecule has 2 nitrogen and oxygen atoms in total. The van der Waals surface area contributed by atoms with Crippen LogP contribution in [0.5, 0.6) is 5.75 Å². The predicted octanol–water partition coefficient (Wildman–Crippen LogP) is 7.59. The summed E-state index contributed by atoms with van der Waals surface area (Å²) in [5.41, 5.74) is 8.48. The van der Waals surface area contributed by atoms with E-state index in [2.05, 4.69) is 108 Å². The van der Waals surface area contributed by atoms with E-state index < -0.39 is 0 Å². The van der Waals surface area contributed by atoms with Crippen LogP contribution in [-0.2, 0) is 0 Å². The van der Waals surface area contributed by atoms with Crippen molar-refractivity contribution < 1.29 is 4.74 Å². The van der Waals surface area contributed by atoms with Crippen LogP contribution in [0, 0.1) is 0 Å². The number of ether oxygens (including phenoxy) is 1. The molecule has 0 aliphatic carbocycles. The van der Waals surface area contributed by atoms with Crippen molar-refractivity contribution in [2.24, 2.45) is 0 Å². The summed E-state index contributed by atoms with van der Waals surface area (Å²) in [5, 5.41) is 2.42. The van der Waals surface area contributed by atoms with Gasteiger partial charge in [0, 0.05) is 21.9 Å². The summed E-state index contributed by atoms with van der Waals surface area (Å²) in [6, 6.07) is 38.7. The van der Waals surface area contributed by atoms with Crippen molar-refractivity contribution in [1.82, 2.24) is 4.40 Å². The van der Waals surface area contributed by atoms with E-state index in [1.165, 1.54) is 49.6 Å². The third-order valence-electron chi connectivity index (χ3n) is 6.06. The smallest absolute Gasteiger partial charge is 0.119 e. The largest absolute Gasteiger partial charge is 0.497 e. The van der Waals surface area contributed by atoms with Crippen molar-refractivity contribution in [2.75, 3.05) is 7.11 Å². The fourth-order valence-electron chi connectivity index (χ4n) is 4.70. The number of nitrogens with zero attached hydrogens (tertiary/aromatic N) is 1. The molecule has 2 heterocycles. The molecule has 31 heavy (non-hydrogen) atoms. The van der Waals surface area contributed by atoms with Crippen molar-refractivity contribution in [3.8, 4) is 28.0 Å². The first-order chi connectivity index (χ1) is 15.3. The van der Waals surface area contributed by atoms with E-state index in [4.69, 9.17) is 4.74 Å². The second-order valence-corrected chi connectivity index (χ2v) is 7.79. The zero-order valence-corrected chi connectivity index (χ0v) is 17.2. The molecule has 0 bridgehead atoms. The number of methoxy groups -OCH3 is 1. The lowest BCUT2D eigenvalue weighted by Crippen LogP contribution is -1.97. The summed E-state index contributed by atoms with van der Waals surface area (Å²) in [6.45, 7) is 0. The Kier molecular flexibility index (Phi) is 4.03. The molecule has 0 amide bonds. The molecule has 0 spiro atoms. The second-order valence-electron chi connectivity index (χ2n) is 7.79. The first-order valence-electron chi connectivity index (χ1n) is 10.5. The SMILES string of the molecule is COc1ccc2c(c1)c(-c1ccccc1)c(-c1ccccc1)c1cc3ccccc3n12. The minimum absolute atomic E-state index is 0.861. The maximum atomic E-state index is 5.63. The monoisotopic (exact) mass is 399 g/mol. The highest BCUT2D eigenvalue weighted by Gasteiger charge is 2.20. The minimum Gasteiger partial charge on any atom is -0.497 e. The van der Waals surface area contributed by atoms with Gasteiger partial charge in [-0.1, -0.05) is 78.9 Å². The van der Waals surface area contributed by atoms with Gasteiger partial charge in [-0.25, -0.2) is 0 Å². The number of fused-ring (bicyclic) bond motifs is 5. The molecule has 0 N–H and O–H groups in total.